The number of Topliss-reactive ketones (excluding diaryl/α,β-unsaturated/α-hetero) is 1. The van der Waals surface area contributed by atoms with Crippen LogP contribution in [-0.2, 0) is 16.1 Å². The molecule has 0 bridgehead atoms. The molecule has 0 saturated carbocycles. The van der Waals surface area contributed by atoms with Gasteiger partial charge in [0.05, 0.1) is 11.5 Å². The lowest BCUT2D eigenvalue weighted by atomic mass is 10.1. The van der Waals surface area contributed by atoms with Crippen LogP contribution in [-0.4, -0.2) is 34.9 Å². The van der Waals surface area contributed by atoms with Crippen LogP contribution < -0.4 is 11.1 Å². The van der Waals surface area contributed by atoms with Gasteiger partial charge < -0.3 is 15.1 Å². The van der Waals surface area contributed by atoms with Crippen molar-refractivity contribution < 1.29 is 23.6 Å². The standard InChI is InChI=1S/C20H21N3O5/c1-11(24)16-12(2)28-20(17(16)18(21)26)22-19(27)14-8-15(25)23(10-14)9-13-6-4-3-5-7-13/h3-7,14H,8-10H2,1-2H3,(H2,21,26)(H,22,27). The van der Waals surface area contributed by atoms with Crippen LogP contribution in [0.15, 0.2) is 34.7 Å². The Bertz CT molecular complexity index is 948. The number of hydrogen-bond donors (Lipinski definition) is 2. The molecule has 2 aromatic rings. The molecule has 0 spiro atoms. The number of likely N-dealkylation sites (tertiary alicyclic amines) is 1. The van der Waals surface area contributed by atoms with Gasteiger partial charge >= 0.3 is 0 Å². The number of furan rings is 1. The van der Waals surface area contributed by atoms with Crippen molar-refractivity contribution in [2.75, 3.05) is 11.9 Å². The molecular weight excluding hydrogens is 362 g/mol. The van der Waals surface area contributed by atoms with Crippen LogP contribution in [0.25, 0.3) is 0 Å². The smallest absolute Gasteiger partial charge is 0.255 e. The van der Waals surface area contributed by atoms with Crippen molar-refractivity contribution >= 4 is 29.4 Å². The molecule has 1 atom stereocenters. The fourth-order valence-corrected chi connectivity index (χ4v) is 3.41. The summed E-state index contributed by atoms with van der Waals surface area (Å²) in [4.78, 5) is 50.1. The molecule has 8 heteroatoms. The van der Waals surface area contributed by atoms with Crippen molar-refractivity contribution in [1.29, 1.82) is 0 Å². The molecule has 8 nitrogen and oxygen atoms in total. The van der Waals surface area contributed by atoms with Gasteiger partial charge in [-0.15, -0.1) is 0 Å². The molecule has 146 valence electrons. The SMILES string of the molecule is CC(=O)c1c(C)oc(NC(=O)C2CC(=O)N(Cc3ccccc3)C2)c1C(N)=O. The van der Waals surface area contributed by atoms with Gasteiger partial charge in [-0.25, -0.2) is 0 Å². The zero-order valence-electron chi connectivity index (χ0n) is 15.7. The normalized spacial score (nSPS) is 16.3. The minimum Gasteiger partial charge on any atom is -0.444 e. The van der Waals surface area contributed by atoms with Gasteiger partial charge in [-0.1, -0.05) is 30.3 Å². The molecule has 1 aromatic carbocycles. The molecule has 3 rings (SSSR count). The first-order chi connectivity index (χ1) is 13.3. The van der Waals surface area contributed by atoms with E-state index in [0.29, 0.717) is 6.54 Å². The molecule has 0 aliphatic carbocycles. The molecule has 1 aromatic heterocycles. The fraction of sp³-hybridized carbons (Fsp3) is 0.300. The van der Waals surface area contributed by atoms with Crippen molar-refractivity contribution in [2.24, 2.45) is 11.7 Å². The predicted octanol–water partition coefficient (Wildman–Crippen LogP) is 1.88. The molecule has 3 amide bonds. The second-order valence-corrected chi connectivity index (χ2v) is 6.81. The Hall–Kier alpha value is -3.42. The maximum atomic E-state index is 12.6. The minimum absolute atomic E-state index is 0.0519. The molecule has 1 aliphatic rings. The third kappa shape index (κ3) is 3.80. The zero-order valence-corrected chi connectivity index (χ0v) is 15.7. The third-order valence-corrected chi connectivity index (χ3v) is 4.72. The highest BCUT2D eigenvalue weighted by Gasteiger charge is 2.36. The lowest BCUT2D eigenvalue weighted by molar-refractivity contribution is -0.128. The van der Waals surface area contributed by atoms with Gasteiger partial charge in [0.25, 0.3) is 5.91 Å². The van der Waals surface area contributed by atoms with E-state index in [1.54, 1.807) is 4.90 Å². The number of carbonyl (C=O) groups excluding carboxylic acids is 4. The van der Waals surface area contributed by atoms with Gasteiger partial charge in [-0.2, -0.15) is 0 Å². The van der Waals surface area contributed by atoms with E-state index in [4.69, 9.17) is 10.2 Å². The molecular formula is C20H21N3O5. The number of amides is 3. The Morgan fingerprint density at radius 1 is 1.21 bits per heavy atom. The van der Waals surface area contributed by atoms with Crippen molar-refractivity contribution in [2.45, 2.75) is 26.8 Å². The predicted molar refractivity (Wildman–Crippen MR) is 101 cm³/mol. The second kappa shape index (κ2) is 7.67. The van der Waals surface area contributed by atoms with Gasteiger partial charge in [-0.3, -0.25) is 24.5 Å². The highest BCUT2D eigenvalue weighted by atomic mass is 16.4. The topological polar surface area (TPSA) is 123 Å². The summed E-state index contributed by atoms with van der Waals surface area (Å²) in [5.41, 5.74) is 6.24. The Morgan fingerprint density at radius 3 is 2.50 bits per heavy atom. The first kappa shape index (κ1) is 19.3. The minimum atomic E-state index is -0.870. The summed E-state index contributed by atoms with van der Waals surface area (Å²) in [7, 11) is 0. The average molecular weight is 383 g/mol. The number of primary amides is 1. The summed E-state index contributed by atoms with van der Waals surface area (Å²) in [5.74, 6) is -2.40. The Labute approximate surface area is 161 Å². The number of nitrogens with zero attached hydrogens (tertiary/aromatic N) is 1. The number of nitrogens with two attached hydrogens (primary N) is 1. The van der Waals surface area contributed by atoms with E-state index in [1.165, 1.54) is 13.8 Å². The van der Waals surface area contributed by atoms with Crippen LogP contribution in [0.4, 0.5) is 5.88 Å². The van der Waals surface area contributed by atoms with E-state index in [2.05, 4.69) is 5.32 Å². The highest BCUT2D eigenvalue weighted by Crippen LogP contribution is 2.29. The lowest BCUT2D eigenvalue weighted by Gasteiger charge is -2.16. The summed E-state index contributed by atoms with van der Waals surface area (Å²) >= 11 is 0. The summed E-state index contributed by atoms with van der Waals surface area (Å²) in [6.45, 7) is 3.47. The van der Waals surface area contributed by atoms with Gasteiger partial charge in [-0.05, 0) is 19.4 Å². The van der Waals surface area contributed by atoms with E-state index in [0.717, 1.165) is 5.56 Å². The van der Waals surface area contributed by atoms with Crippen molar-refractivity contribution in [3.8, 4) is 0 Å². The van der Waals surface area contributed by atoms with Crippen LogP contribution in [0.3, 0.4) is 0 Å². The molecule has 1 unspecified atom stereocenters. The number of ketones is 1. The van der Waals surface area contributed by atoms with Crippen LogP contribution in [0.2, 0.25) is 0 Å². The maximum absolute atomic E-state index is 12.6. The fourth-order valence-electron chi connectivity index (χ4n) is 3.41. The molecule has 1 fully saturated rings. The van der Waals surface area contributed by atoms with E-state index in [1.807, 2.05) is 30.3 Å². The zero-order chi connectivity index (χ0) is 20.4. The van der Waals surface area contributed by atoms with Gasteiger partial charge in [0.1, 0.15) is 11.3 Å². The van der Waals surface area contributed by atoms with Crippen LogP contribution >= 0.6 is 0 Å². The van der Waals surface area contributed by atoms with Crippen molar-refractivity contribution in [1.82, 2.24) is 4.90 Å². The molecule has 1 saturated heterocycles. The van der Waals surface area contributed by atoms with Crippen LogP contribution in [0.1, 0.15) is 45.4 Å². The molecule has 28 heavy (non-hydrogen) atoms. The number of nitrogens with one attached hydrogen (secondary N) is 1. The first-order valence-electron chi connectivity index (χ1n) is 8.84. The van der Waals surface area contributed by atoms with Crippen molar-refractivity contribution in [3.05, 3.63) is 52.8 Å². The largest absolute Gasteiger partial charge is 0.444 e. The van der Waals surface area contributed by atoms with E-state index >= 15 is 0 Å². The molecule has 1 aliphatic heterocycles. The van der Waals surface area contributed by atoms with Crippen molar-refractivity contribution in [3.63, 3.8) is 0 Å². The molecule has 2 heterocycles. The molecule has 0 radical (unpaired) electrons. The Kier molecular flexibility index (Phi) is 5.30. The maximum Gasteiger partial charge on any atom is 0.255 e. The average Bonchev–Trinajstić information content (AvgIpc) is 3.16. The van der Waals surface area contributed by atoms with Crippen LogP contribution in [0, 0.1) is 12.8 Å². The number of benzene rings is 1. The highest BCUT2D eigenvalue weighted by molar-refractivity contribution is 6.12. The quantitative estimate of drug-likeness (QED) is 0.737. The number of rotatable bonds is 6. The molecule has 3 N–H and O–H groups in total. The Morgan fingerprint density at radius 2 is 1.89 bits per heavy atom. The van der Waals surface area contributed by atoms with Gasteiger partial charge in [0, 0.05) is 19.5 Å². The number of hydrogen-bond acceptors (Lipinski definition) is 5. The van der Waals surface area contributed by atoms with Crippen LogP contribution in [0.5, 0.6) is 0 Å². The first-order valence-corrected chi connectivity index (χ1v) is 8.84. The Balaban J connectivity index is 1.74. The van der Waals surface area contributed by atoms with Gasteiger partial charge in [0.15, 0.2) is 5.78 Å². The van der Waals surface area contributed by atoms with E-state index < -0.39 is 17.7 Å². The monoisotopic (exact) mass is 383 g/mol. The number of carbonyl (C=O) groups is 4. The number of aryl methyl sites for hydroxylation is 1. The van der Waals surface area contributed by atoms with E-state index in [9.17, 15) is 19.2 Å². The second-order valence-electron chi connectivity index (χ2n) is 6.81. The van der Waals surface area contributed by atoms with Gasteiger partial charge in [0.2, 0.25) is 17.7 Å². The number of anilines is 1. The summed E-state index contributed by atoms with van der Waals surface area (Å²) < 4.78 is 5.40. The summed E-state index contributed by atoms with van der Waals surface area (Å²) in [6, 6.07) is 9.49. The van der Waals surface area contributed by atoms with E-state index in [-0.39, 0.29) is 47.4 Å². The summed E-state index contributed by atoms with van der Waals surface area (Å²) in [6.07, 6.45) is 0.0594. The third-order valence-electron chi connectivity index (χ3n) is 4.72. The lowest BCUT2D eigenvalue weighted by Crippen LogP contribution is -2.28. The summed E-state index contributed by atoms with van der Waals surface area (Å²) in [5, 5.41) is 2.52.